The van der Waals surface area contributed by atoms with Crippen molar-refractivity contribution in [3.63, 3.8) is 0 Å². The molecule has 0 atom stereocenters. The van der Waals surface area contributed by atoms with Crippen molar-refractivity contribution in [3.8, 4) is 5.75 Å². The largest absolute Gasteiger partial charge is 0.482 e. The van der Waals surface area contributed by atoms with Crippen LogP contribution in [0.3, 0.4) is 0 Å². The van der Waals surface area contributed by atoms with Gasteiger partial charge >= 0.3 is 0 Å². The van der Waals surface area contributed by atoms with Gasteiger partial charge in [0.1, 0.15) is 11.4 Å². The van der Waals surface area contributed by atoms with Gasteiger partial charge in [-0.05, 0) is 23.3 Å². The predicted octanol–water partition coefficient (Wildman–Crippen LogP) is 5.17. The molecular weight excluding hydrogens is 364 g/mol. The Bertz CT molecular complexity index is 935. The summed E-state index contributed by atoms with van der Waals surface area (Å²) in [5.74, 6) is 0.663. The second kappa shape index (κ2) is 8.45. The van der Waals surface area contributed by atoms with Gasteiger partial charge in [-0.2, -0.15) is 0 Å². The second-order valence-electron chi connectivity index (χ2n) is 7.48. The first-order valence-corrected chi connectivity index (χ1v) is 9.90. The molecule has 29 heavy (non-hydrogen) atoms. The van der Waals surface area contributed by atoms with E-state index in [-0.39, 0.29) is 5.69 Å². The molecule has 1 aliphatic rings. The van der Waals surface area contributed by atoms with Crippen molar-refractivity contribution in [1.29, 1.82) is 0 Å². The van der Waals surface area contributed by atoms with Crippen molar-refractivity contribution in [2.45, 2.75) is 25.0 Å². The van der Waals surface area contributed by atoms with Gasteiger partial charge in [-0.15, -0.1) is 0 Å². The average Bonchev–Trinajstić information content (AvgIpc) is 2.77. The number of benzene rings is 3. The summed E-state index contributed by atoms with van der Waals surface area (Å²) in [6.07, 6.45) is 1.72. The van der Waals surface area contributed by atoms with Crippen LogP contribution < -0.4 is 4.74 Å². The highest BCUT2D eigenvalue weighted by Crippen LogP contribution is 2.38. The lowest BCUT2D eigenvalue weighted by atomic mass is 9.84. The zero-order chi connectivity index (χ0) is 20.1. The third kappa shape index (κ3) is 4.46. The number of nitro benzene ring substituents is 1. The van der Waals surface area contributed by atoms with Crippen LogP contribution >= 0.6 is 0 Å². The fourth-order valence-electron chi connectivity index (χ4n) is 3.97. The maximum Gasteiger partial charge on any atom is 0.269 e. The molecule has 0 aliphatic carbocycles. The average molecular weight is 388 g/mol. The molecule has 5 heteroatoms. The minimum atomic E-state index is -0.426. The quantitative estimate of drug-likeness (QED) is 0.432. The van der Waals surface area contributed by atoms with Crippen LogP contribution in [-0.2, 0) is 12.1 Å². The number of rotatable bonds is 6. The van der Waals surface area contributed by atoms with E-state index in [1.165, 1.54) is 17.7 Å². The van der Waals surface area contributed by atoms with Gasteiger partial charge in [0.15, 0.2) is 0 Å². The van der Waals surface area contributed by atoms with E-state index in [1.54, 1.807) is 12.1 Å². The third-order valence-corrected chi connectivity index (χ3v) is 5.57. The Kier molecular flexibility index (Phi) is 5.58. The fraction of sp³-hybridized carbons (Fsp3) is 0.250. The van der Waals surface area contributed by atoms with Crippen molar-refractivity contribution >= 4 is 5.69 Å². The van der Waals surface area contributed by atoms with Gasteiger partial charge in [0.05, 0.1) is 4.92 Å². The summed E-state index contributed by atoms with van der Waals surface area (Å²) in [5, 5.41) is 10.9. The number of nitrogens with zero attached hydrogens (tertiary/aromatic N) is 2. The molecule has 0 saturated carbocycles. The Morgan fingerprint density at radius 2 is 1.45 bits per heavy atom. The highest BCUT2D eigenvalue weighted by Gasteiger charge is 2.38. The van der Waals surface area contributed by atoms with E-state index in [0.717, 1.165) is 38.0 Å². The van der Waals surface area contributed by atoms with Crippen LogP contribution in [0.25, 0.3) is 0 Å². The van der Waals surface area contributed by atoms with Gasteiger partial charge in [0, 0.05) is 44.6 Å². The van der Waals surface area contributed by atoms with Gasteiger partial charge in [-0.3, -0.25) is 15.0 Å². The molecule has 0 aromatic heterocycles. The second-order valence-corrected chi connectivity index (χ2v) is 7.48. The molecule has 4 rings (SSSR count). The van der Waals surface area contributed by atoms with E-state index >= 15 is 0 Å². The van der Waals surface area contributed by atoms with Crippen LogP contribution in [0.1, 0.15) is 24.0 Å². The van der Waals surface area contributed by atoms with Crippen LogP contribution in [0.15, 0.2) is 84.9 Å². The molecule has 0 spiro atoms. The molecule has 5 nitrogen and oxygen atoms in total. The molecule has 0 N–H and O–H groups in total. The van der Waals surface area contributed by atoms with E-state index in [1.807, 2.05) is 24.3 Å². The number of piperidine rings is 1. The maximum absolute atomic E-state index is 10.9. The van der Waals surface area contributed by atoms with Gasteiger partial charge in [-0.25, -0.2) is 0 Å². The summed E-state index contributed by atoms with van der Waals surface area (Å²) in [6.45, 7) is 2.79. The molecule has 148 valence electrons. The highest BCUT2D eigenvalue weighted by atomic mass is 16.6. The van der Waals surface area contributed by atoms with Crippen molar-refractivity contribution in [3.05, 3.63) is 106 Å². The Labute approximate surface area is 170 Å². The van der Waals surface area contributed by atoms with Crippen molar-refractivity contribution < 1.29 is 9.66 Å². The normalized spacial score (nSPS) is 16.3. The summed E-state index contributed by atoms with van der Waals surface area (Å²) in [4.78, 5) is 13.0. The number of nitro groups is 1. The van der Waals surface area contributed by atoms with Crippen molar-refractivity contribution in [2.75, 3.05) is 13.1 Å². The number of likely N-dealkylation sites (tertiary alicyclic amines) is 1. The predicted molar refractivity (Wildman–Crippen MR) is 113 cm³/mol. The Balaban J connectivity index is 1.53. The first-order chi connectivity index (χ1) is 14.1. The first-order valence-electron chi connectivity index (χ1n) is 9.90. The van der Waals surface area contributed by atoms with E-state index in [2.05, 4.69) is 41.3 Å². The first kappa shape index (κ1) is 19.2. The topological polar surface area (TPSA) is 55.6 Å². The number of ether oxygens (including phenoxy) is 1. The van der Waals surface area contributed by atoms with Crippen LogP contribution in [-0.4, -0.2) is 22.9 Å². The standard InChI is InChI=1S/C24H24N2O3/c27-26(28)22-11-13-23(14-12-22)29-24(21-9-5-2-6-10-21)15-17-25(18-16-24)19-20-7-3-1-4-8-20/h1-14H,15-19H2. The Morgan fingerprint density at radius 3 is 2.03 bits per heavy atom. The van der Waals surface area contributed by atoms with Crippen molar-refractivity contribution in [2.24, 2.45) is 0 Å². The van der Waals surface area contributed by atoms with Gasteiger partial charge in [0.25, 0.3) is 5.69 Å². The molecule has 1 heterocycles. The number of hydrogen-bond donors (Lipinski definition) is 0. The van der Waals surface area contributed by atoms with E-state index in [9.17, 15) is 10.1 Å². The molecule has 0 radical (unpaired) electrons. The van der Waals surface area contributed by atoms with E-state index in [4.69, 9.17) is 4.74 Å². The summed E-state index contributed by atoms with van der Waals surface area (Å²) in [6, 6.07) is 27.2. The lowest BCUT2D eigenvalue weighted by molar-refractivity contribution is -0.384. The molecule has 0 bridgehead atoms. The molecule has 0 unspecified atom stereocenters. The monoisotopic (exact) mass is 388 g/mol. The van der Waals surface area contributed by atoms with Gasteiger partial charge in [0.2, 0.25) is 0 Å². The summed E-state index contributed by atoms with van der Waals surface area (Å²) in [7, 11) is 0. The zero-order valence-corrected chi connectivity index (χ0v) is 16.2. The molecule has 0 amide bonds. The minimum absolute atomic E-state index is 0.0730. The smallest absolute Gasteiger partial charge is 0.269 e. The Hall–Kier alpha value is -3.18. The molecule has 3 aromatic carbocycles. The molecule has 1 aliphatic heterocycles. The molecular formula is C24H24N2O3. The van der Waals surface area contributed by atoms with E-state index in [0.29, 0.717) is 5.75 Å². The fourth-order valence-corrected chi connectivity index (χ4v) is 3.97. The third-order valence-electron chi connectivity index (χ3n) is 5.57. The Morgan fingerprint density at radius 1 is 0.862 bits per heavy atom. The molecule has 3 aromatic rings. The van der Waals surface area contributed by atoms with Crippen LogP contribution in [0, 0.1) is 10.1 Å². The van der Waals surface area contributed by atoms with Crippen molar-refractivity contribution in [1.82, 2.24) is 4.90 Å². The van der Waals surface area contributed by atoms with Crippen LogP contribution in [0.5, 0.6) is 5.75 Å². The number of hydrogen-bond acceptors (Lipinski definition) is 4. The summed E-state index contributed by atoms with van der Waals surface area (Å²) in [5.41, 5.74) is 2.11. The minimum Gasteiger partial charge on any atom is -0.482 e. The molecule has 1 saturated heterocycles. The molecule has 1 fully saturated rings. The summed E-state index contributed by atoms with van der Waals surface area (Å²) < 4.78 is 6.51. The lowest BCUT2D eigenvalue weighted by Crippen LogP contribution is -2.45. The zero-order valence-electron chi connectivity index (χ0n) is 16.2. The van der Waals surface area contributed by atoms with Crippen LogP contribution in [0.4, 0.5) is 5.69 Å². The van der Waals surface area contributed by atoms with Gasteiger partial charge in [-0.1, -0.05) is 60.7 Å². The highest BCUT2D eigenvalue weighted by molar-refractivity contribution is 5.37. The SMILES string of the molecule is O=[N+]([O-])c1ccc(OC2(c3ccccc3)CCN(Cc3ccccc3)CC2)cc1. The number of non-ortho nitro benzene ring substituents is 1. The summed E-state index contributed by atoms with van der Waals surface area (Å²) >= 11 is 0. The van der Waals surface area contributed by atoms with E-state index < -0.39 is 10.5 Å². The maximum atomic E-state index is 10.9. The van der Waals surface area contributed by atoms with Gasteiger partial charge < -0.3 is 4.74 Å². The van der Waals surface area contributed by atoms with Crippen LogP contribution in [0.2, 0.25) is 0 Å². The lowest BCUT2D eigenvalue weighted by Gasteiger charge is -2.42.